The summed E-state index contributed by atoms with van der Waals surface area (Å²) >= 11 is 0. The molecule has 0 amide bonds. The van der Waals surface area contributed by atoms with E-state index in [-0.39, 0.29) is 0 Å². The van der Waals surface area contributed by atoms with Crippen LogP contribution in [0.4, 0.5) is 5.69 Å². The minimum atomic E-state index is 0.319. The Kier molecular flexibility index (Phi) is 3.62. The lowest BCUT2D eigenvalue weighted by Gasteiger charge is -2.00. The minimum Gasteiger partial charge on any atom is -0.186 e. The molecule has 0 fully saturated rings. The second-order valence-corrected chi connectivity index (χ2v) is 3.26. The summed E-state index contributed by atoms with van der Waals surface area (Å²) in [5, 5.41) is 8.40. The third kappa shape index (κ3) is 2.98. The van der Waals surface area contributed by atoms with Crippen LogP contribution in [0.3, 0.4) is 0 Å². The van der Waals surface area contributed by atoms with Crippen molar-refractivity contribution in [2.24, 2.45) is 10.2 Å². The average molecular weight is 176 g/mol. The van der Waals surface area contributed by atoms with Gasteiger partial charge in [-0.1, -0.05) is 25.1 Å². The van der Waals surface area contributed by atoms with Crippen molar-refractivity contribution in [2.45, 2.75) is 33.2 Å². The molecule has 0 spiro atoms. The van der Waals surface area contributed by atoms with Crippen molar-refractivity contribution in [2.75, 3.05) is 0 Å². The molecule has 1 rings (SSSR count). The molecule has 1 aromatic rings. The van der Waals surface area contributed by atoms with Crippen LogP contribution in [0.15, 0.2) is 34.5 Å². The van der Waals surface area contributed by atoms with Crippen LogP contribution >= 0.6 is 0 Å². The maximum atomic E-state index is 4.20. The molecule has 1 unspecified atom stereocenters. The molecule has 13 heavy (non-hydrogen) atoms. The lowest BCUT2D eigenvalue weighted by atomic mass is 10.2. The van der Waals surface area contributed by atoms with E-state index in [1.807, 2.05) is 31.2 Å². The van der Waals surface area contributed by atoms with Gasteiger partial charge in [-0.2, -0.15) is 10.2 Å². The zero-order valence-electron chi connectivity index (χ0n) is 8.49. The van der Waals surface area contributed by atoms with Crippen LogP contribution in [0.1, 0.15) is 25.8 Å². The van der Waals surface area contributed by atoms with Crippen LogP contribution in [0.2, 0.25) is 0 Å². The summed E-state index contributed by atoms with van der Waals surface area (Å²) in [5.41, 5.74) is 2.15. The molecule has 0 aliphatic rings. The standard InChI is InChI=1S/C11H16N2/c1-4-10(3)12-13-11-8-6-5-7-9(11)2/h5-8,10H,4H2,1-3H3. The monoisotopic (exact) mass is 176 g/mol. The molecule has 0 heterocycles. The molecular weight excluding hydrogens is 160 g/mol. The SMILES string of the molecule is CCC(C)N=Nc1ccccc1C. The number of hydrogen-bond acceptors (Lipinski definition) is 2. The van der Waals surface area contributed by atoms with Crippen LogP contribution in [0.25, 0.3) is 0 Å². The van der Waals surface area contributed by atoms with E-state index in [0.717, 1.165) is 12.1 Å². The number of aryl methyl sites for hydroxylation is 1. The molecule has 2 heteroatoms. The van der Waals surface area contributed by atoms with E-state index in [9.17, 15) is 0 Å². The topological polar surface area (TPSA) is 24.7 Å². The van der Waals surface area contributed by atoms with E-state index in [4.69, 9.17) is 0 Å². The van der Waals surface area contributed by atoms with Crippen LogP contribution in [-0.4, -0.2) is 6.04 Å². The Morgan fingerprint density at radius 3 is 2.62 bits per heavy atom. The van der Waals surface area contributed by atoms with E-state index in [1.54, 1.807) is 0 Å². The zero-order valence-corrected chi connectivity index (χ0v) is 8.49. The van der Waals surface area contributed by atoms with Gasteiger partial charge >= 0.3 is 0 Å². The number of benzene rings is 1. The first kappa shape index (κ1) is 9.90. The third-order valence-corrected chi connectivity index (χ3v) is 2.07. The van der Waals surface area contributed by atoms with Gasteiger partial charge in [0.15, 0.2) is 0 Å². The third-order valence-electron chi connectivity index (χ3n) is 2.07. The Bertz CT molecular complexity index is 292. The summed E-state index contributed by atoms with van der Waals surface area (Å²) in [6.07, 6.45) is 1.04. The molecular formula is C11H16N2. The molecule has 0 aliphatic carbocycles. The number of hydrogen-bond donors (Lipinski definition) is 0. The van der Waals surface area contributed by atoms with Crippen molar-refractivity contribution in [1.82, 2.24) is 0 Å². The van der Waals surface area contributed by atoms with Crippen LogP contribution in [0, 0.1) is 6.92 Å². The van der Waals surface area contributed by atoms with Gasteiger partial charge in [-0.15, -0.1) is 0 Å². The highest BCUT2D eigenvalue weighted by Gasteiger charge is 1.95. The van der Waals surface area contributed by atoms with Crippen molar-refractivity contribution in [1.29, 1.82) is 0 Å². The molecule has 70 valence electrons. The van der Waals surface area contributed by atoms with E-state index >= 15 is 0 Å². The molecule has 0 aromatic heterocycles. The first-order chi connectivity index (χ1) is 6.24. The van der Waals surface area contributed by atoms with Crippen LogP contribution < -0.4 is 0 Å². The van der Waals surface area contributed by atoms with E-state index in [0.29, 0.717) is 6.04 Å². The van der Waals surface area contributed by atoms with E-state index in [1.165, 1.54) is 5.56 Å². The van der Waals surface area contributed by atoms with Gasteiger partial charge < -0.3 is 0 Å². The van der Waals surface area contributed by atoms with Crippen molar-refractivity contribution < 1.29 is 0 Å². The molecule has 2 nitrogen and oxygen atoms in total. The quantitative estimate of drug-likeness (QED) is 0.624. The highest BCUT2D eigenvalue weighted by atomic mass is 15.1. The summed E-state index contributed by atoms with van der Waals surface area (Å²) in [5.74, 6) is 0. The fraction of sp³-hybridized carbons (Fsp3) is 0.455. The van der Waals surface area contributed by atoms with Gasteiger partial charge in [0.25, 0.3) is 0 Å². The predicted octanol–water partition coefficient (Wildman–Crippen LogP) is 3.88. The van der Waals surface area contributed by atoms with E-state index < -0.39 is 0 Å². The molecule has 0 saturated heterocycles. The molecule has 0 bridgehead atoms. The normalized spacial score (nSPS) is 13.5. The minimum absolute atomic E-state index is 0.319. The molecule has 0 radical (unpaired) electrons. The average Bonchev–Trinajstić information content (AvgIpc) is 2.16. The van der Waals surface area contributed by atoms with Crippen molar-refractivity contribution >= 4 is 5.69 Å². The maximum Gasteiger partial charge on any atom is 0.0881 e. The summed E-state index contributed by atoms with van der Waals surface area (Å²) in [4.78, 5) is 0. The van der Waals surface area contributed by atoms with Gasteiger partial charge in [-0.25, -0.2) is 0 Å². The van der Waals surface area contributed by atoms with Crippen molar-refractivity contribution in [3.63, 3.8) is 0 Å². The largest absolute Gasteiger partial charge is 0.186 e. The Morgan fingerprint density at radius 2 is 2.00 bits per heavy atom. The zero-order chi connectivity index (χ0) is 9.68. The number of nitrogens with zero attached hydrogens (tertiary/aromatic N) is 2. The van der Waals surface area contributed by atoms with Crippen molar-refractivity contribution in [3.05, 3.63) is 29.8 Å². The predicted molar refractivity (Wildman–Crippen MR) is 55.4 cm³/mol. The van der Waals surface area contributed by atoms with Gasteiger partial charge in [0, 0.05) is 0 Å². The van der Waals surface area contributed by atoms with Crippen LogP contribution in [0.5, 0.6) is 0 Å². The summed E-state index contributed by atoms with van der Waals surface area (Å²) < 4.78 is 0. The molecule has 1 atom stereocenters. The Hall–Kier alpha value is -1.18. The smallest absolute Gasteiger partial charge is 0.0881 e. The fourth-order valence-electron chi connectivity index (χ4n) is 0.918. The Morgan fingerprint density at radius 1 is 1.31 bits per heavy atom. The highest BCUT2D eigenvalue weighted by Crippen LogP contribution is 2.18. The molecule has 0 N–H and O–H groups in total. The van der Waals surface area contributed by atoms with E-state index in [2.05, 4.69) is 24.1 Å². The lowest BCUT2D eigenvalue weighted by Crippen LogP contribution is -1.91. The molecule has 0 aliphatic heterocycles. The number of azo groups is 1. The number of rotatable bonds is 3. The van der Waals surface area contributed by atoms with Crippen molar-refractivity contribution in [3.8, 4) is 0 Å². The summed E-state index contributed by atoms with van der Waals surface area (Å²) in [6, 6.07) is 8.35. The Labute approximate surface area is 79.7 Å². The first-order valence-electron chi connectivity index (χ1n) is 4.70. The fourth-order valence-corrected chi connectivity index (χ4v) is 0.918. The van der Waals surface area contributed by atoms with Gasteiger partial charge in [-0.3, -0.25) is 0 Å². The second kappa shape index (κ2) is 4.75. The maximum absolute atomic E-state index is 4.20. The molecule has 1 aromatic carbocycles. The van der Waals surface area contributed by atoms with Gasteiger partial charge in [0.2, 0.25) is 0 Å². The molecule has 0 saturated carbocycles. The highest BCUT2D eigenvalue weighted by molar-refractivity contribution is 5.43. The Balaban J connectivity index is 2.74. The second-order valence-electron chi connectivity index (χ2n) is 3.26. The summed E-state index contributed by atoms with van der Waals surface area (Å²) in [7, 11) is 0. The summed E-state index contributed by atoms with van der Waals surface area (Å²) in [6.45, 7) is 6.23. The van der Waals surface area contributed by atoms with Gasteiger partial charge in [0.1, 0.15) is 0 Å². The van der Waals surface area contributed by atoms with Gasteiger partial charge in [-0.05, 0) is 31.9 Å². The van der Waals surface area contributed by atoms with Gasteiger partial charge in [0.05, 0.1) is 11.7 Å². The lowest BCUT2D eigenvalue weighted by molar-refractivity contribution is 0.680. The first-order valence-corrected chi connectivity index (χ1v) is 4.70. The van der Waals surface area contributed by atoms with Crippen LogP contribution in [-0.2, 0) is 0 Å².